The van der Waals surface area contributed by atoms with Gasteiger partial charge >= 0.3 is 0 Å². The smallest absolute Gasteiger partial charge is 0.118 e. The van der Waals surface area contributed by atoms with Crippen molar-refractivity contribution in [3.8, 4) is 11.5 Å². The molecule has 1 unspecified atom stereocenters. The lowest BCUT2D eigenvalue weighted by Crippen LogP contribution is -2.12. The molecule has 0 spiro atoms. The van der Waals surface area contributed by atoms with Crippen LogP contribution in [0.2, 0.25) is 0 Å². The van der Waals surface area contributed by atoms with Crippen molar-refractivity contribution in [2.24, 2.45) is 5.92 Å². The number of benzene rings is 2. The average Bonchev–Trinajstić information content (AvgIpc) is 3.31. The maximum absolute atomic E-state index is 5.27. The summed E-state index contributed by atoms with van der Waals surface area (Å²) in [4.78, 5) is 0. The summed E-state index contributed by atoms with van der Waals surface area (Å²) in [7, 11) is 3.42. The van der Waals surface area contributed by atoms with E-state index in [1.807, 2.05) is 0 Å². The van der Waals surface area contributed by atoms with Crippen LogP contribution in [0, 0.1) is 5.92 Å². The molecule has 2 aromatic rings. The summed E-state index contributed by atoms with van der Waals surface area (Å²) >= 11 is 0. The van der Waals surface area contributed by atoms with Gasteiger partial charge in [-0.05, 0) is 47.7 Å². The van der Waals surface area contributed by atoms with E-state index >= 15 is 0 Å². The van der Waals surface area contributed by atoms with E-state index < -0.39 is 0 Å². The zero-order valence-electron chi connectivity index (χ0n) is 12.9. The van der Waals surface area contributed by atoms with Crippen LogP contribution < -0.4 is 9.47 Å². The van der Waals surface area contributed by atoms with Gasteiger partial charge in [-0.1, -0.05) is 37.6 Å². The number of ether oxygens (including phenoxy) is 2. The Morgan fingerprint density at radius 2 is 1.29 bits per heavy atom. The number of rotatable bonds is 5. The van der Waals surface area contributed by atoms with Crippen molar-refractivity contribution in [3.63, 3.8) is 0 Å². The molecule has 0 N–H and O–H groups in total. The summed E-state index contributed by atoms with van der Waals surface area (Å²) in [5.41, 5.74) is 2.95. The maximum Gasteiger partial charge on any atom is 0.118 e. The van der Waals surface area contributed by atoms with Gasteiger partial charge in [-0.15, -0.1) is 0 Å². The lowest BCUT2D eigenvalue weighted by Gasteiger charge is -2.19. The second-order valence-electron chi connectivity index (χ2n) is 5.74. The first-order chi connectivity index (χ1) is 10.2. The van der Waals surface area contributed by atoms with Crippen LogP contribution in [-0.2, 0) is 5.41 Å². The van der Waals surface area contributed by atoms with Gasteiger partial charge in [-0.2, -0.15) is 0 Å². The Morgan fingerprint density at radius 1 is 0.857 bits per heavy atom. The fraction of sp³-hybridized carbons (Fsp3) is 0.368. The highest BCUT2D eigenvalue weighted by Gasteiger charge is 2.54. The molecule has 1 aliphatic rings. The molecular formula is C19H22O2. The van der Waals surface area contributed by atoms with Crippen molar-refractivity contribution in [1.82, 2.24) is 0 Å². The molecule has 0 aromatic heterocycles. The van der Waals surface area contributed by atoms with E-state index in [1.54, 1.807) is 14.2 Å². The van der Waals surface area contributed by atoms with Gasteiger partial charge in [0.25, 0.3) is 0 Å². The molecule has 1 atom stereocenters. The van der Waals surface area contributed by atoms with Crippen molar-refractivity contribution in [2.75, 3.05) is 14.2 Å². The van der Waals surface area contributed by atoms with Gasteiger partial charge in [0.05, 0.1) is 14.2 Å². The van der Waals surface area contributed by atoms with Crippen molar-refractivity contribution in [3.05, 3.63) is 59.7 Å². The molecule has 1 aliphatic carbocycles. The molecule has 21 heavy (non-hydrogen) atoms. The standard InChI is InChI=1S/C19H22O2/c1-4-14-13-19(14,15-5-9-17(20-2)10-6-15)16-7-11-18(21-3)12-8-16/h5-12,14H,4,13H2,1-3H3. The highest BCUT2D eigenvalue weighted by atomic mass is 16.5. The van der Waals surface area contributed by atoms with E-state index in [0.717, 1.165) is 17.4 Å². The molecule has 3 rings (SSSR count). The van der Waals surface area contributed by atoms with Crippen molar-refractivity contribution in [2.45, 2.75) is 25.2 Å². The Morgan fingerprint density at radius 3 is 1.57 bits per heavy atom. The largest absolute Gasteiger partial charge is 0.497 e. The quantitative estimate of drug-likeness (QED) is 0.808. The van der Waals surface area contributed by atoms with Gasteiger partial charge in [0.15, 0.2) is 0 Å². The molecule has 1 fully saturated rings. The molecule has 0 radical (unpaired) electrons. The van der Waals surface area contributed by atoms with Crippen LogP contribution in [0.1, 0.15) is 30.9 Å². The molecule has 0 amide bonds. The number of methoxy groups -OCH3 is 2. The topological polar surface area (TPSA) is 18.5 Å². The monoisotopic (exact) mass is 282 g/mol. The molecule has 0 aliphatic heterocycles. The zero-order valence-corrected chi connectivity index (χ0v) is 12.9. The summed E-state index contributed by atoms with van der Waals surface area (Å²) in [6.07, 6.45) is 2.43. The van der Waals surface area contributed by atoms with Crippen molar-refractivity contribution >= 4 is 0 Å². The van der Waals surface area contributed by atoms with Crippen LogP contribution >= 0.6 is 0 Å². The van der Waals surface area contributed by atoms with E-state index in [4.69, 9.17) is 9.47 Å². The van der Waals surface area contributed by atoms with Crippen LogP contribution in [-0.4, -0.2) is 14.2 Å². The van der Waals surface area contributed by atoms with E-state index in [-0.39, 0.29) is 5.41 Å². The van der Waals surface area contributed by atoms with Crippen molar-refractivity contribution in [1.29, 1.82) is 0 Å². The third kappa shape index (κ3) is 2.29. The molecule has 2 heteroatoms. The van der Waals surface area contributed by atoms with Crippen LogP contribution in [0.15, 0.2) is 48.5 Å². The summed E-state index contributed by atoms with van der Waals surface area (Å²) in [6, 6.07) is 17.1. The Kier molecular flexibility index (Phi) is 3.62. The first kappa shape index (κ1) is 14.0. The van der Waals surface area contributed by atoms with Crippen molar-refractivity contribution < 1.29 is 9.47 Å². The Balaban J connectivity index is 1.99. The molecule has 110 valence electrons. The Hall–Kier alpha value is -1.96. The molecule has 2 aromatic carbocycles. The van der Waals surface area contributed by atoms with E-state index in [2.05, 4.69) is 55.5 Å². The first-order valence-electron chi connectivity index (χ1n) is 7.53. The second kappa shape index (κ2) is 5.44. The number of hydrogen-bond acceptors (Lipinski definition) is 2. The summed E-state index contributed by atoms with van der Waals surface area (Å²) in [5, 5.41) is 0. The summed E-state index contributed by atoms with van der Waals surface area (Å²) in [6.45, 7) is 2.28. The fourth-order valence-corrected chi connectivity index (χ4v) is 3.47. The molecule has 0 saturated heterocycles. The maximum atomic E-state index is 5.27. The minimum atomic E-state index is 0.174. The summed E-state index contributed by atoms with van der Waals surface area (Å²) < 4.78 is 10.5. The lowest BCUT2D eigenvalue weighted by molar-refractivity contribution is 0.414. The average molecular weight is 282 g/mol. The summed E-state index contributed by atoms with van der Waals surface area (Å²) in [5.74, 6) is 2.55. The van der Waals surface area contributed by atoms with E-state index in [9.17, 15) is 0 Å². The third-order valence-electron chi connectivity index (χ3n) is 4.81. The Bertz CT molecular complexity index is 551. The van der Waals surface area contributed by atoms with Gasteiger partial charge in [-0.3, -0.25) is 0 Å². The predicted octanol–water partition coefficient (Wildman–Crippen LogP) is 4.42. The molecule has 0 heterocycles. The number of hydrogen-bond donors (Lipinski definition) is 0. The van der Waals surface area contributed by atoms with Gasteiger partial charge in [-0.25, -0.2) is 0 Å². The van der Waals surface area contributed by atoms with Crippen LogP contribution in [0.4, 0.5) is 0 Å². The third-order valence-corrected chi connectivity index (χ3v) is 4.81. The molecule has 1 saturated carbocycles. The van der Waals surface area contributed by atoms with E-state index in [0.29, 0.717) is 0 Å². The van der Waals surface area contributed by atoms with Crippen LogP contribution in [0.5, 0.6) is 11.5 Å². The van der Waals surface area contributed by atoms with Gasteiger partial charge in [0.2, 0.25) is 0 Å². The first-order valence-corrected chi connectivity index (χ1v) is 7.53. The van der Waals surface area contributed by atoms with Gasteiger partial charge < -0.3 is 9.47 Å². The van der Waals surface area contributed by atoms with Gasteiger partial charge in [0.1, 0.15) is 11.5 Å². The zero-order chi connectivity index (χ0) is 14.9. The lowest BCUT2D eigenvalue weighted by atomic mass is 9.85. The second-order valence-corrected chi connectivity index (χ2v) is 5.74. The van der Waals surface area contributed by atoms with Gasteiger partial charge in [0, 0.05) is 5.41 Å². The minimum Gasteiger partial charge on any atom is -0.497 e. The van der Waals surface area contributed by atoms with Crippen LogP contribution in [0.25, 0.3) is 0 Å². The Labute approximate surface area is 126 Å². The van der Waals surface area contributed by atoms with Crippen LogP contribution in [0.3, 0.4) is 0 Å². The predicted molar refractivity (Wildman–Crippen MR) is 85.2 cm³/mol. The molecular weight excluding hydrogens is 260 g/mol. The minimum absolute atomic E-state index is 0.174. The molecule has 2 nitrogen and oxygen atoms in total. The SMILES string of the molecule is CCC1CC1(c1ccc(OC)cc1)c1ccc(OC)cc1. The highest BCUT2D eigenvalue weighted by Crippen LogP contribution is 2.60. The van der Waals surface area contributed by atoms with E-state index in [1.165, 1.54) is 24.0 Å². The normalized spacial score (nSPS) is 19.1. The fourth-order valence-electron chi connectivity index (χ4n) is 3.47. The highest BCUT2D eigenvalue weighted by molar-refractivity contribution is 5.49. The molecule has 0 bridgehead atoms.